The van der Waals surface area contributed by atoms with Gasteiger partial charge >= 0.3 is 0 Å². The Morgan fingerprint density at radius 1 is 1.14 bits per heavy atom. The molecular weight excluding hydrogens is 376 g/mol. The third-order valence-electron chi connectivity index (χ3n) is 5.12. The van der Waals surface area contributed by atoms with Crippen LogP contribution in [0, 0.1) is 0 Å². The molecule has 1 aliphatic heterocycles. The molecule has 3 rings (SSSR count). The highest BCUT2D eigenvalue weighted by Gasteiger charge is 2.24. The first-order chi connectivity index (χ1) is 13.6. The molecule has 1 aliphatic rings. The Morgan fingerprint density at radius 3 is 2.50 bits per heavy atom. The number of likely N-dealkylation sites (tertiary alicyclic amines) is 1. The summed E-state index contributed by atoms with van der Waals surface area (Å²) in [7, 11) is 1.58. The number of halogens is 1. The van der Waals surface area contributed by atoms with Crippen LogP contribution in [-0.2, 0) is 6.54 Å². The zero-order valence-electron chi connectivity index (χ0n) is 16.5. The summed E-state index contributed by atoms with van der Waals surface area (Å²) in [6.45, 7) is 5.55. The van der Waals surface area contributed by atoms with E-state index in [-0.39, 0.29) is 11.9 Å². The van der Waals surface area contributed by atoms with Crippen LogP contribution in [0.25, 0.3) is 0 Å². The van der Waals surface area contributed by atoms with E-state index in [0.29, 0.717) is 23.7 Å². The summed E-state index contributed by atoms with van der Waals surface area (Å²) in [6, 6.07) is 13.6. The fourth-order valence-corrected chi connectivity index (χ4v) is 3.72. The van der Waals surface area contributed by atoms with Gasteiger partial charge in [0.15, 0.2) is 11.5 Å². The van der Waals surface area contributed by atoms with Crippen LogP contribution >= 0.6 is 11.6 Å². The van der Waals surface area contributed by atoms with Crippen LogP contribution in [0.1, 0.15) is 35.7 Å². The van der Waals surface area contributed by atoms with Crippen LogP contribution in [0.15, 0.2) is 42.5 Å². The zero-order valence-corrected chi connectivity index (χ0v) is 17.2. The van der Waals surface area contributed by atoms with Crippen molar-refractivity contribution in [3.05, 3.63) is 58.6 Å². The monoisotopic (exact) mass is 403 g/mol. The van der Waals surface area contributed by atoms with Gasteiger partial charge < -0.3 is 19.7 Å². The molecule has 0 unspecified atom stereocenters. The molecule has 0 aromatic heterocycles. The van der Waals surface area contributed by atoms with Crippen molar-refractivity contribution in [3.63, 3.8) is 0 Å². The minimum atomic E-state index is -0.0625. The minimum Gasteiger partial charge on any atom is -0.493 e. The molecule has 0 aliphatic carbocycles. The molecule has 2 aromatic rings. The van der Waals surface area contributed by atoms with Crippen molar-refractivity contribution < 1.29 is 19.2 Å². The van der Waals surface area contributed by atoms with Crippen LogP contribution in [-0.4, -0.2) is 38.8 Å². The van der Waals surface area contributed by atoms with E-state index in [4.69, 9.17) is 21.1 Å². The smallest absolute Gasteiger partial charge is 0.251 e. The Bertz CT molecular complexity index is 787. The van der Waals surface area contributed by atoms with Crippen molar-refractivity contribution in [1.82, 2.24) is 5.32 Å². The summed E-state index contributed by atoms with van der Waals surface area (Å²) in [6.07, 6.45) is 1.95. The Morgan fingerprint density at radius 2 is 1.86 bits per heavy atom. The maximum absolute atomic E-state index is 12.6. The van der Waals surface area contributed by atoms with Crippen molar-refractivity contribution in [1.29, 1.82) is 0 Å². The second kappa shape index (κ2) is 9.80. The van der Waals surface area contributed by atoms with Crippen LogP contribution in [0.5, 0.6) is 11.5 Å². The number of hydrogen-bond acceptors (Lipinski definition) is 3. The van der Waals surface area contributed by atoms with Gasteiger partial charge in [0, 0.05) is 35.0 Å². The molecule has 0 saturated carbocycles. The van der Waals surface area contributed by atoms with E-state index in [1.165, 1.54) is 10.5 Å². The third-order valence-corrected chi connectivity index (χ3v) is 5.37. The molecule has 0 spiro atoms. The predicted octanol–water partition coefficient (Wildman–Crippen LogP) is 2.72. The second-order valence-corrected chi connectivity index (χ2v) is 7.54. The lowest BCUT2D eigenvalue weighted by Crippen LogP contribution is -3.12. The molecule has 28 heavy (non-hydrogen) atoms. The summed E-state index contributed by atoms with van der Waals surface area (Å²) >= 11 is 5.95. The van der Waals surface area contributed by atoms with Gasteiger partial charge in [0.05, 0.1) is 26.8 Å². The van der Waals surface area contributed by atoms with Gasteiger partial charge in [0.25, 0.3) is 5.91 Å². The third kappa shape index (κ3) is 5.40. The average Bonchev–Trinajstić information content (AvgIpc) is 2.71. The normalized spacial score (nSPS) is 19.1. The molecule has 0 bridgehead atoms. The molecule has 6 heteroatoms. The number of methoxy groups -OCH3 is 1. The highest BCUT2D eigenvalue weighted by atomic mass is 35.5. The topological polar surface area (TPSA) is 52.0 Å². The lowest BCUT2D eigenvalue weighted by molar-refractivity contribution is -0.918. The number of carbonyl (C=O) groups is 1. The standard InChI is InChI=1S/C22H27ClN2O3/c1-3-28-20-9-6-17(14-21(20)27-2)22(26)24-19-10-12-25(13-11-19)15-16-4-7-18(23)8-5-16/h4-9,14,19H,3,10-13,15H2,1-2H3,(H,24,26)/p+1. The van der Waals surface area contributed by atoms with E-state index < -0.39 is 0 Å². The molecule has 1 heterocycles. The quantitative estimate of drug-likeness (QED) is 0.747. The van der Waals surface area contributed by atoms with Crippen molar-refractivity contribution in [3.8, 4) is 11.5 Å². The average molecular weight is 404 g/mol. The van der Waals surface area contributed by atoms with Crippen molar-refractivity contribution in [2.24, 2.45) is 0 Å². The maximum atomic E-state index is 12.6. The summed E-state index contributed by atoms with van der Waals surface area (Å²) < 4.78 is 10.9. The van der Waals surface area contributed by atoms with Crippen molar-refractivity contribution in [2.75, 3.05) is 26.8 Å². The fraction of sp³-hybridized carbons (Fsp3) is 0.409. The van der Waals surface area contributed by atoms with Gasteiger partial charge in [-0.2, -0.15) is 0 Å². The minimum absolute atomic E-state index is 0.0625. The number of carbonyl (C=O) groups excluding carboxylic acids is 1. The number of piperidine rings is 1. The van der Waals surface area contributed by atoms with E-state index in [9.17, 15) is 4.79 Å². The first-order valence-electron chi connectivity index (χ1n) is 9.78. The lowest BCUT2D eigenvalue weighted by Gasteiger charge is -2.30. The Labute approximate surface area is 171 Å². The predicted molar refractivity (Wildman–Crippen MR) is 111 cm³/mol. The number of hydrogen-bond donors (Lipinski definition) is 2. The summed E-state index contributed by atoms with van der Waals surface area (Å²) in [4.78, 5) is 14.2. The number of benzene rings is 2. The Balaban J connectivity index is 1.51. The number of ether oxygens (including phenoxy) is 2. The van der Waals surface area contributed by atoms with Crippen LogP contribution < -0.4 is 19.7 Å². The second-order valence-electron chi connectivity index (χ2n) is 7.10. The fourth-order valence-electron chi connectivity index (χ4n) is 3.59. The highest BCUT2D eigenvalue weighted by Crippen LogP contribution is 2.28. The number of nitrogens with one attached hydrogen (secondary N) is 2. The largest absolute Gasteiger partial charge is 0.493 e. The van der Waals surface area contributed by atoms with Crippen LogP contribution in [0.4, 0.5) is 0 Å². The van der Waals surface area contributed by atoms with Gasteiger partial charge in [0.1, 0.15) is 6.54 Å². The highest BCUT2D eigenvalue weighted by molar-refractivity contribution is 6.30. The van der Waals surface area contributed by atoms with E-state index in [0.717, 1.165) is 37.5 Å². The van der Waals surface area contributed by atoms with Crippen LogP contribution in [0.3, 0.4) is 0 Å². The van der Waals surface area contributed by atoms with Gasteiger partial charge in [-0.05, 0) is 37.3 Å². The van der Waals surface area contributed by atoms with Gasteiger partial charge in [-0.3, -0.25) is 4.79 Å². The molecule has 1 amide bonds. The zero-order chi connectivity index (χ0) is 19.9. The first kappa shape index (κ1) is 20.5. The molecule has 2 aromatic carbocycles. The summed E-state index contributed by atoms with van der Waals surface area (Å²) in [5.41, 5.74) is 1.89. The number of quaternary nitrogens is 1. The summed E-state index contributed by atoms with van der Waals surface area (Å²) in [5, 5.41) is 3.93. The van der Waals surface area contributed by atoms with Crippen molar-refractivity contribution >= 4 is 17.5 Å². The van der Waals surface area contributed by atoms with Gasteiger partial charge in [-0.25, -0.2) is 0 Å². The number of amides is 1. The molecule has 0 radical (unpaired) electrons. The van der Waals surface area contributed by atoms with Crippen LogP contribution in [0.2, 0.25) is 5.02 Å². The molecule has 5 nitrogen and oxygen atoms in total. The lowest BCUT2D eigenvalue weighted by atomic mass is 10.0. The molecule has 2 N–H and O–H groups in total. The first-order valence-corrected chi connectivity index (χ1v) is 10.2. The maximum Gasteiger partial charge on any atom is 0.251 e. The molecule has 1 saturated heterocycles. The van der Waals surface area contributed by atoms with Crippen molar-refractivity contribution in [2.45, 2.75) is 32.4 Å². The van der Waals surface area contributed by atoms with E-state index in [1.54, 1.807) is 25.3 Å². The summed E-state index contributed by atoms with van der Waals surface area (Å²) in [5.74, 6) is 1.17. The SMILES string of the molecule is CCOc1ccc(C(=O)NC2CC[NH+](Cc3ccc(Cl)cc3)CC2)cc1OC. The van der Waals surface area contributed by atoms with E-state index in [1.807, 2.05) is 19.1 Å². The molecule has 0 atom stereocenters. The molecular formula is C22H28ClN2O3+. The van der Waals surface area contributed by atoms with E-state index in [2.05, 4.69) is 17.4 Å². The Kier molecular flexibility index (Phi) is 7.18. The van der Waals surface area contributed by atoms with Gasteiger partial charge in [-0.1, -0.05) is 23.7 Å². The molecule has 150 valence electrons. The number of rotatable bonds is 7. The van der Waals surface area contributed by atoms with Gasteiger partial charge in [0.2, 0.25) is 0 Å². The molecule has 1 fully saturated rings. The van der Waals surface area contributed by atoms with E-state index >= 15 is 0 Å². The Hall–Kier alpha value is -2.24. The van der Waals surface area contributed by atoms with Gasteiger partial charge in [-0.15, -0.1) is 0 Å².